The number of thiazole rings is 1. The molecule has 0 bridgehead atoms. The maximum absolute atomic E-state index is 13.6. The average molecular weight is 293 g/mol. The molecule has 2 N–H and O–H groups in total. The Kier molecular flexibility index (Phi) is 4.34. The minimum Gasteiger partial charge on any atom is -0.378 e. The van der Waals surface area contributed by atoms with Crippen molar-refractivity contribution in [1.82, 2.24) is 4.98 Å². The number of hydrogen-bond acceptors (Lipinski definition) is 4. The van der Waals surface area contributed by atoms with Gasteiger partial charge in [0.1, 0.15) is 5.82 Å². The predicted molar refractivity (Wildman–Crippen MR) is 79.6 cm³/mol. The summed E-state index contributed by atoms with van der Waals surface area (Å²) in [4.78, 5) is 16.4. The van der Waals surface area contributed by atoms with Crippen molar-refractivity contribution >= 4 is 28.6 Å². The number of nitrogens with zero attached hydrogens (tertiary/aromatic N) is 1. The minimum atomic E-state index is -0.452. The van der Waals surface area contributed by atoms with Crippen LogP contribution in [0.3, 0.4) is 0 Å². The Morgan fingerprint density at radius 2 is 2.20 bits per heavy atom. The second kappa shape index (κ2) is 6.00. The van der Waals surface area contributed by atoms with Gasteiger partial charge in [-0.3, -0.25) is 4.79 Å². The van der Waals surface area contributed by atoms with Gasteiger partial charge in [-0.15, -0.1) is 11.3 Å². The molecule has 1 amide bonds. The molecule has 0 radical (unpaired) electrons. The molecule has 4 nitrogen and oxygen atoms in total. The molecule has 0 spiro atoms. The van der Waals surface area contributed by atoms with Gasteiger partial charge in [0.15, 0.2) is 0 Å². The molecule has 106 valence electrons. The number of benzene rings is 1. The number of amides is 1. The normalized spacial score (nSPS) is 12.0. The molecule has 0 aliphatic carbocycles. The van der Waals surface area contributed by atoms with Crippen LogP contribution in [0.25, 0.3) is 0 Å². The van der Waals surface area contributed by atoms with Crippen molar-refractivity contribution in [2.24, 2.45) is 0 Å². The molecule has 2 aromatic rings. The van der Waals surface area contributed by atoms with E-state index in [2.05, 4.69) is 15.6 Å². The summed E-state index contributed by atoms with van der Waals surface area (Å²) in [6.07, 6.45) is 0. The Morgan fingerprint density at radius 1 is 1.45 bits per heavy atom. The maximum Gasteiger partial charge on any atom is 0.221 e. The highest BCUT2D eigenvalue weighted by Crippen LogP contribution is 2.27. The van der Waals surface area contributed by atoms with Crippen molar-refractivity contribution in [3.05, 3.63) is 40.1 Å². The van der Waals surface area contributed by atoms with E-state index in [4.69, 9.17) is 0 Å². The Morgan fingerprint density at radius 3 is 2.80 bits per heavy atom. The minimum absolute atomic E-state index is 0.0677. The zero-order chi connectivity index (χ0) is 14.7. The molecule has 0 saturated carbocycles. The first-order valence-corrected chi connectivity index (χ1v) is 7.09. The number of rotatable bonds is 4. The Hall–Kier alpha value is -1.95. The van der Waals surface area contributed by atoms with E-state index in [1.54, 1.807) is 29.0 Å². The lowest BCUT2D eigenvalue weighted by molar-refractivity contribution is -0.114. The van der Waals surface area contributed by atoms with E-state index in [-0.39, 0.29) is 17.6 Å². The van der Waals surface area contributed by atoms with Gasteiger partial charge in [-0.05, 0) is 32.0 Å². The molecular formula is C14H16FN3OS. The van der Waals surface area contributed by atoms with Crippen molar-refractivity contribution in [2.45, 2.75) is 26.8 Å². The first-order chi connectivity index (χ1) is 9.47. The molecule has 0 aliphatic rings. The number of anilines is 2. The SMILES string of the molecule is CC(=O)Nc1cc(NC(C)c2scnc2C)ccc1F. The van der Waals surface area contributed by atoms with Gasteiger partial charge in [0.05, 0.1) is 22.9 Å². The monoisotopic (exact) mass is 293 g/mol. The van der Waals surface area contributed by atoms with Crippen LogP contribution in [-0.2, 0) is 4.79 Å². The van der Waals surface area contributed by atoms with Gasteiger partial charge in [0, 0.05) is 17.5 Å². The molecule has 20 heavy (non-hydrogen) atoms. The van der Waals surface area contributed by atoms with Crippen LogP contribution in [0.2, 0.25) is 0 Å². The zero-order valence-electron chi connectivity index (χ0n) is 11.5. The zero-order valence-corrected chi connectivity index (χ0v) is 12.3. The lowest BCUT2D eigenvalue weighted by Gasteiger charge is -2.15. The Balaban J connectivity index is 2.17. The van der Waals surface area contributed by atoms with Crippen LogP contribution >= 0.6 is 11.3 Å². The number of hydrogen-bond donors (Lipinski definition) is 2. The van der Waals surface area contributed by atoms with Gasteiger partial charge in [-0.2, -0.15) is 0 Å². The first-order valence-electron chi connectivity index (χ1n) is 6.21. The largest absolute Gasteiger partial charge is 0.378 e. The average Bonchev–Trinajstić information content (AvgIpc) is 2.79. The highest BCUT2D eigenvalue weighted by atomic mass is 32.1. The fourth-order valence-electron chi connectivity index (χ4n) is 1.94. The van der Waals surface area contributed by atoms with Gasteiger partial charge in [0.25, 0.3) is 0 Å². The number of aryl methyl sites for hydroxylation is 1. The predicted octanol–water partition coefficient (Wildman–Crippen LogP) is 3.72. The van der Waals surface area contributed by atoms with Gasteiger partial charge in [-0.25, -0.2) is 9.37 Å². The van der Waals surface area contributed by atoms with Crippen molar-refractivity contribution in [3.8, 4) is 0 Å². The summed E-state index contributed by atoms with van der Waals surface area (Å²) in [6, 6.07) is 4.63. The van der Waals surface area contributed by atoms with Crippen LogP contribution in [0.4, 0.5) is 15.8 Å². The molecule has 1 aromatic carbocycles. The third-order valence-electron chi connectivity index (χ3n) is 2.84. The topological polar surface area (TPSA) is 54.0 Å². The van der Waals surface area contributed by atoms with Crippen LogP contribution < -0.4 is 10.6 Å². The second-order valence-electron chi connectivity index (χ2n) is 4.54. The van der Waals surface area contributed by atoms with E-state index in [0.717, 1.165) is 16.3 Å². The van der Waals surface area contributed by atoms with Crippen molar-refractivity contribution < 1.29 is 9.18 Å². The fraction of sp³-hybridized carbons (Fsp3) is 0.286. The van der Waals surface area contributed by atoms with Gasteiger partial charge in [0.2, 0.25) is 5.91 Å². The van der Waals surface area contributed by atoms with Gasteiger partial charge < -0.3 is 10.6 Å². The van der Waals surface area contributed by atoms with Gasteiger partial charge in [-0.1, -0.05) is 0 Å². The number of carbonyl (C=O) groups is 1. The molecule has 1 unspecified atom stereocenters. The van der Waals surface area contributed by atoms with Crippen LogP contribution in [0.15, 0.2) is 23.7 Å². The number of nitrogens with one attached hydrogen (secondary N) is 2. The summed E-state index contributed by atoms with van der Waals surface area (Å²) in [7, 11) is 0. The van der Waals surface area contributed by atoms with Crippen molar-refractivity contribution in [3.63, 3.8) is 0 Å². The number of halogens is 1. The Labute approximate surface area is 121 Å². The summed E-state index contributed by atoms with van der Waals surface area (Å²) in [5, 5.41) is 5.75. The van der Waals surface area contributed by atoms with Crippen LogP contribution in [0, 0.1) is 12.7 Å². The fourth-order valence-corrected chi connectivity index (χ4v) is 2.75. The maximum atomic E-state index is 13.6. The molecule has 2 rings (SSSR count). The molecule has 0 saturated heterocycles. The van der Waals surface area contributed by atoms with Gasteiger partial charge >= 0.3 is 0 Å². The first kappa shape index (κ1) is 14.5. The summed E-state index contributed by atoms with van der Waals surface area (Å²) >= 11 is 1.58. The van der Waals surface area contributed by atoms with Crippen LogP contribution in [0.1, 0.15) is 30.5 Å². The number of carbonyl (C=O) groups excluding carboxylic acids is 1. The summed E-state index contributed by atoms with van der Waals surface area (Å²) in [5.74, 6) is -0.750. The molecule has 0 fully saturated rings. The second-order valence-corrected chi connectivity index (χ2v) is 5.43. The molecule has 1 atom stereocenters. The van der Waals surface area contributed by atoms with E-state index in [9.17, 15) is 9.18 Å². The highest BCUT2D eigenvalue weighted by molar-refractivity contribution is 7.09. The van der Waals surface area contributed by atoms with E-state index < -0.39 is 5.82 Å². The van der Waals surface area contributed by atoms with Crippen molar-refractivity contribution in [1.29, 1.82) is 0 Å². The molecular weight excluding hydrogens is 277 g/mol. The molecule has 1 heterocycles. The lowest BCUT2D eigenvalue weighted by atomic mass is 10.2. The third kappa shape index (κ3) is 3.33. The molecule has 0 aliphatic heterocycles. The summed E-state index contributed by atoms with van der Waals surface area (Å²) in [6.45, 7) is 5.32. The van der Waals surface area contributed by atoms with E-state index in [0.29, 0.717) is 0 Å². The lowest BCUT2D eigenvalue weighted by Crippen LogP contribution is -2.10. The molecule has 6 heteroatoms. The Bertz CT molecular complexity index is 627. The third-order valence-corrected chi connectivity index (χ3v) is 3.95. The summed E-state index contributed by atoms with van der Waals surface area (Å²) < 4.78 is 13.6. The number of aromatic nitrogens is 1. The van der Waals surface area contributed by atoms with E-state index >= 15 is 0 Å². The quantitative estimate of drug-likeness (QED) is 0.903. The van der Waals surface area contributed by atoms with E-state index in [1.165, 1.54) is 13.0 Å². The highest BCUT2D eigenvalue weighted by Gasteiger charge is 2.12. The van der Waals surface area contributed by atoms with Crippen LogP contribution in [-0.4, -0.2) is 10.9 Å². The van der Waals surface area contributed by atoms with Crippen LogP contribution in [0.5, 0.6) is 0 Å². The molecule has 1 aromatic heterocycles. The standard InChI is InChI=1S/C14H16FN3OS/c1-8-14(20-7-16-8)9(2)17-11-4-5-12(15)13(6-11)18-10(3)19/h4-7,9,17H,1-3H3,(H,18,19). The summed E-state index contributed by atoms with van der Waals surface area (Å²) in [5.41, 5.74) is 3.71. The van der Waals surface area contributed by atoms with E-state index in [1.807, 2.05) is 13.8 Å². The van der Waals surface area contributed by atoms with Crippen molar-refractivity contribution in [2.75, 3.05) is 10.6 Å². The smallest absolute Gasteiger partial charge is 0.221 e.